The number of methoxy groups -OCH3 is 1. The van der Waals surface area contributed by atoms with Gasteiger partial charge in [-0.2, -0.15) is 0 Å². The molecule has 2 amide bonds. The third-order valence-electron chi connectivity index (χ3n) is 4.35. The van der Waals surface area contributed by atoms with Crippen LogP contribution in [0.4, 0.5) is 4.39 Å². The summed E-state index contributed by atoms with van der Waals surface area (Å²) in [6.07, 6.45) is 0.433. The van der Waals surface area contributed by atoms with Gasteiger partial charge in [-0.1, -0.05) is 32.0 Å². The highest BCUT2D eigenvalue weighted by Gasteiger charge is 2.11. The van der Waals surface area contributed by atoms with E-state index in [9.17, 15) is 14.0 Å². The lowest BCUT2D eigenvalue weighted by molar-refractivity contribution is -0.130. The van der Waals surface area contributed by atoms with E-state index in [1.165, 1.54) is 19.2 Å². The summed E-state index contributed by atoms with van der Waals surface area (Å²) in [4.78, 5) is 23.9. The Morgan fingerprint density at radius 2 is 1.76 bits per heavy atom. The number of halogens is 1. The number of carbonyl (C=O) groups is 2. The van der Waals surface area contributed by atoms with Gasteiger partial charge in [0.1, 0.15) is 5.75 Å². The molecule has 0 saturated carbocycles. The van der Waals surface area contributed by atoms with Crippen LogP contribution in [0.2, 0.25) is 0 Å². The summed E-state index contributed by atoms with van der Waals surface area (Å²) in [6, 6.07) is 10.4. The zero-order valence-corrected chi connectivity index (χ0v) is 17.2. The molecule has 0 aliphatic heterocycles. The summed E-state index contributed by atoms with van der Waals surface area (Å²) < 4.78 is 24.1. The number of amides is 2. The van der Waals surface area contributed by atoms with E-state index < -0.39 is 11.7 Å². The van der Waals surface area contributed by atoms with Crippen molar-refractivity contribution in [1.82, 2.24) is 10.9 Å². The molecule has 156 valence electrons. The average Bonchev–Trinajstić information content (AvgIpc) is 2.69. The number of hydrogen-bond acceptors (Lipinski definition) is 4. The summed E-state index contributed by atoms with van der Waals surface area (Å²) in [5.74, 6) is -0.260. The first kappa shape index (κ1) is 22.2. The zero-order chi connectivity index (χ0) is 21.4. The highest BCUT2D eigenvalue weighted by Crippen LogP contribution is 2.27. The number of carbonyl (C=O) groups excluding carboxylic acids is 2. The highest BCUT2D eigenvalue weighted by atomic mass is 19.1. The van der Waals surface area contributed by atoms with Crippen LogP contribution in [0.25, 0.3) is 0 Å². The smallest absolute Gasteiger partial charge is 0.276 e. The largest absolute Gasteiger partial charge is 0.494 e. The van der Waals surface area contributed by atoms with Crippen molar-refractivity contribution in [3.8, 4) is 11.5 Å². The van der Waals surface area contributed by atoms with Crippen LogP contribution in [0.15, 0.2) is 36.4 Å². The molecule has 0 aliphatic rings. The van der Waals surface area contributed by atoms with E-state index in [0.717, 1.165) is 11.1 Å². The number of nitrogens with one attached hydrogen (secondary N) is 2. The molecular formula is C22H27FN2O4. The van der Waals surface area contributed by atoms with Gasteiger partial charge in [-0.15, -0.1) is 0 Å². The number of aryl methyl sites for hydroxylation is 2. The van der Waals surface area contributed by atoms with Crippen LogP contribution in [0, 0.1) is 12.7 Å². The molecule has 0 saturated heterocycles. The monoisotopic (exact) mass is 402 g/mol. The minimum absolute atomic E-state index is 0.0995. The third kappa shape index (κ3) is 6.78. The molecule has 0 atom stereocenters. The molecule has 0 heterocycles. The number of hydrazine groups is 1. The summed E-state index contributed by atoms with van der Waals surface area (Å²) in [5, 5.41) is 0. The van der Waals surface area contributed by atoms with Gasteiger partial charge in [0.05, 0.1) is 7.11 Å². The average molecular weight is 402 g/mol. The molecule has 0 bridgehead atoms. The van der Waals surface area contributed by atoms with Gasteiger partial charge >= 0.3 is 0 Å². The van der Waals surface area contributed by atoms with Gasteiger partial charge in [0.15, 0.2) is 18.2 Å². The van der Waals surface area contributed by atoms with E-state index in [2.05, 4.69) is 10.9 Å². The van der Waals surface area contributed by atoms with Gasteiger partial charge < -0.3 is 9.47 Å². The van der Waals surface area contributed by atoms with Crippen molar-refractivity contribution in [1.29, 1.82) is 0 Å². The van der Waals surface area contributed by atoms with Crippen LogP contribution < -0.4 is 20.3 Å². The summed E-state index contributed by atoms with van der Waals surface area (Å²) >= 11 is 0. The zero-order valence-electron chi connectivity index (χ0n) is 17.2. The fraction of sp³-hybridized carbons (Fsp3) is 0.364. The summed E-state index contributed by atoms with van der Waals surface area (Å²) in [5.41, 5.74) is 7.37. The Balaban J connectivity index is 1.77. The second-order valence-electron chi connectivity index (χ2n) is 7.05. The Labute approximate surface area is 170 Å². The molecule has 2 aromatic rings. The van der Waals surface area contributed by atoms with E-state index in [1.807, 2.05) is 39.0 Å². The van der Waals surface area contributed by atoms with Crippen molar-refractivity contribution in [3.05, 3.63) is 58.9 Å². The second-order valence-corrected chi connectivity index (χ2v) is 7.05. The van der Waals surface area contributed by atoms with Crippen molar-refractivity contribution in [2.45, 2.75) is 39.5 Å². The van der Waals surface area contributed by atoms with Crippen molar-refractivity contribution in [2.24, 2.45) is 0 Å². The lowest BCUT2D eigenvalue weighted by Gasteiger charge is -2.15. The standard InChI is InChI=1S/C22H27FN2O4/c1-14(2)17-8-5-15(3)11-20(17)29-13-22(27)25-24-21(26)10-7-16-6-9-19(28-4)18(23)12-16/h5-6,8-9,11-12,14H,7,10,13H2,1-4H3,(H,24,26)(H,25,27). The molecule has 29 heavy (non-hydrogen) atoms. The fourth-order valence-electron chi connectivity index (χ4n) is 2.75. The first-order valence-electron chi connectivity index (χ1n) is 9.43. The summed E-state index contributed by atoms with van der Waals surface area (Å²) in [7, 11) is 1.39. The maximum absolute atomic E-state index is 13.7. The maximum atomic E-state index is 13.7. The SMILES string of the molecule is COc1ccc(CCC(=O)NNC(=O)COc2cc(C)ccc2C(C)C)cc1F. The highest BCUT2D eigenvalue weighted by molar-refractivity contribution is 5.82. The molecule has 2 N–H and O–H groups in total. The minimum atomic E-state index is -0.479. The molecule has 6 nitrogen and oxygen atoms in total. The number of benzene rings is 2. The quantitative estimate of drug-likeness (QED) is 0.664. The van der Waals surface area contributed by atoms with Crippen LogP contribution in [0.1, 0.15) is 42.9 Å². The Bertz CT molecular complexity index is 868. The van der Waals surface area contributed by atoms with Crippen LogP contribution in [0.3, 0.4) is 0 Å². The minimum Gasteiger partial charge on any atom is -0.494 e. The molecule has 0 aromatic heterocycles. The molecule has 0 fully saturated rings. The van der Waals surface area contributed by atoms with Crippen LogP contribution in [0.5, 0.6) is 11.5 Å². The first-order valence-corrected chi connectivity index (χ1v) is 9.43. The van der Waals surface area contributed by atoms with E-state index >= 15 is 0 Å². The number of rotatable bonds is 8. The van der Waals surface area contributed by atoms with Gasteiger partial charge in [0, 0.05) is 6.42 Å². The molecular weight excluding hydrogens is 375 g/mol. The van der Waals surface area contributed by atoms with Crippen molar-refractivity contribution < 1.29 is 23.5 Å². The first-order chi connectivity index (χ1) is 13.8. The van der Waals surface area contributed by atoms with Crippen molar-refractivity contribution in [2.75, 3.05) is 13.7 Å². The molecule has 0 radical (unpaired) electrons. The van der Waals surface area contributed by atoms with E-state index in [1.54, 1.807) is 6.07 Å². The Kier molecular flexibility index (Phi) is 8.00. The molecule has 0 unspecified atom stereocenters. The van der Waals surface area contributed by atoms with Crippen molar-refractivity contribution in [3.63, 3.8) is 0 Å². The Hall–Kier alpha value is -3.09. The summed E-state index contributed by atoms with van der Waals surface area (Å²) in [6.45, 7) is 5.83. The lowest BCUT2D eigenvalue weighted by Crippen LogP contribution is -2.43. The Morgan fingerprint density at radius 3 is 2.41 bits per heavy atom. The Morgan fingerprint density at radius 1 is 1.03 bits per heavy atom. The van der Waals surface area contributed by atoms with Gasteiger partial charge in [0.2, 0.25) is 5.91 Å². The topological polar surface area (TPSA) is 76.7 Å². The number of hydrogen-bond donors (Lipinski definition) is 2. The molecule has 7 heteroatoms. The fourth-order valence-corrected chi connectivity index (χ4v) is 2.75. The molecule has 2 aromatic carbocycles. The van der Waals surface area contributed by atoms with Crippen LogP contribution in [-0.2, 0) is 16.0 Å². The normalized spacial score (nSPS) is 10.6. The van der Waals surface area contributed by atoms with Crippen LogP contribution >= 0.6 is 0 Å². The predicted molar refractivity (Wildman–Crippen MR) is 108 cm³/mol. The predicted octanol–water partition coefficient (Wildman–Crippen LogP) is 3.43. The molecule has 2 rings (SSSR count). The molecule has 0 aliphatic carbocycles. The van der Waals surface area contributed by atoms with Gasteiger partial charge in [-0.05, 0) is 54.2 Å². The third-order valence-corrected chi connectivity index (χ3v) is 4.35. The maximum Gasteiger partial charge on any atom is 0.276 e. The molecule has 0 spiro atoms. The van der Waals surface area contributed by atoms with Gasteiger partial charge in [-0.3, -0.25) is 20.4 Å². The van der Waals surface area contributed by atoms with Gasteiger partial charge in [-0.25, -0.2) is 4.39 Å². The van der Waals surface area contributed by atoms with Crippen molar-refractivity contribution >= 4 is 11.8 Å². The van der Waals surface area contributed by atoms with Crippen LogP contribution in [-0.4, -0.2) is 25.5 Å². The second kappa shape index (κ2) is 10.5. The van der Waals surface area contributed by atoms with Gasteiger partial charge in [0.25, 0.3) is 5.91 Å². The van der Waals surface area contributed by atoms with E-state index in [4.69, 9.17) is 9.47 Å². The van der Waals surface area contributed by atoms with E-state index in [-0.39, 0.29) is 30.6 Å². The lowest BCUT2D eigenvalue weighted by atomic mass is 10.0. The van der Waals surface area contributed by atoms with E-state index in [0.29, 0.717) is 17.7 Å². The number of ether oxygens (including phenoxy) is 2.